The summed E-state index contributed by atoms with van der Waals surface area (Å²) in [6, 6.07) is 3.11. The Labute approximate surface area is 97.3 Å². The molecule has 3 nitrogen and oxygen atoms in total. The van der Waals surface area contributed by atoms with Gasteiger partial charge in [0.15, 0.2) is 5.75 Å². The van der Waals surface area contributed by atoms with Crippen LogP contribution in [0.25, 0.3) is 0 Å². The number of hydrogen-bond donors (Lipinski definition) is 1. The van der Waals surface area contributed by atoms with Crippen molar-refractivity contribution >= 4 is 29.4 Å². The monoisotopic (exact) mass is 243 g/mol. The van der Waals surface area contributed by atoms with Crippen LogP contribution in [-0.4, -0.2) is 18.0 Å². The van der Waals surface area contributed by atoms with Gasteiger partial charge in [0.25, 0.3) is 0 Å². The van der Waals surface area contributed by atoms with Crippen LogP contribution in [-0.2, 0) is 0 Å². The molecule has 1 N–H and O–H groups in total. The molecule has 1 rings (SSSR count). The van der Waals surface area contributed by atoms with Crippen LogP contribution in [0.2, 0.25) is 10.0 Å². The van der Waals surface area contributed by atoms with Crippen molar-refractivity contribution < 1.29 is 9.94 Å². The summed E-state index contributed by atoms with van der Waals surface area (Å²) < 4.78 is 5.14. The summed E-state index contributed by atoms with van der Waals surface area (Å²) in [5.74, 6) is 2.63. The van der Waals surface area contributed by atoms with E-state index in [1.165, 1.54) is 6.21 Å². The molecule has 0 spiro atoms. The third-order valence-corrected chi connectivity index (χ3v) is 2.09. The first kappa shape index (κ1) is 11.7. The first-order valence-electron chi connectivity index (χ1n) is 3.91. The topological polar surface area (TPSA) is 41.8 Å². The Hall–Kier alpha value is -1.37. The molecule has 0 heterocycles. The average Bonchev–Trinajstić information content (AvgIpc) is 2.17. The van der Waals surface area contributed by atoms with E-state index in [1.807, 2.05) is 0 Å². The maximum Gasteiger partial charge on any atom is 0.157 e. The van der Waals surface area contributed by atoms with Gasteiger partial charge in [-0.05, 0) is 17.7 Å². The fraction of sp³-hybridized carbons (Fsp3) is 0.100. The van der Waals surface area contributed by atoms with Crippen LogP contribution in [0.4, 0.5) is 0 Å². The first-order valence-corrected chi connectivity index (χ1v) is 4.67. The third kappa shape index (κ3) is 3.05. The van der Waals surface area contributed by atoms with E-state index >= 15 is 0 Å². The minimum Gasteiger partial charge on any atom is -0.478 e. The fourth-order valence-corrected chi connectivity index (χ4v) is 1.59. The first-order chi connectivity index (χ1) is 7.19. The molecule has 0 aliphatic carbocycles. The number of benzene rings is 1. The second kappa shape index (κ2) is 5.50. The lowest BCUT2D eigenvalue weighted by molar-refractivity contribution is 0.322. The Balaban J connectivity index is 3.05. The van der Waals surface area contributed by atoms with Gasteiger partial charge < -0.3 is 9.94 Å². The second-order valence-corrected chi connectivity index (χ2v) is 3.37. The molecule has 0 saturated heterocycles. The van der Waals surface area contributed by atoms with Gasteiger partial charge in [-0.2, -0.15) is 0 Å². The van der Waals surface area contributed by atoms with E-state index < -0.39 is 0 Å². The van der Waals surface area contributed by atoms with E-state index in [4.69, 9.17) is 39.6 Å². The molecule has 0 atom stereocenters. The Morgan fingerprint density at radius 1 is 1.47 bits per heavy atom. The molecule has 5 heteroatoms. The summed E-state index contributed by atoms with van der Waals surface area (Å²) >= 11 is 11.8. The van der Waals surface area contributed by atoms with Crippen molar-refractivity contribution in [2.75, 3.05) is 6.61 Å². The van der Waals surface area contributed by atoms with Gasteiger partial charge in [0.05, 0.1) is 16.3 Å². The Morgan fingerprint density at radius 2 is 2.07 bits per heavy atom. The molecule has 0 bridgehead atoms. The number of ether oxygens (including phenoxy) is 1. The van der Waals surface area contributed by atoms with Crippen LogP contribution in [0.5, 0.6) is 5.75 Å². The lowest BCUT2D eigenvalue weighted by Crippen LogP contribution is -1.96. The average molecular weight is 244 g/mol. The van der Waals surface area contributed by atoms with Crippen LogP contribution in [0.3, 0.4) is 0 Å². The third-order valence-electron chi connectivity index (χ3n) is 1.53. The number of halogens is 2. The van der Waals surface area contributed by atoms with Crippen molar-refractivity contribution in [3.05, 3.63) is 27.7 Å². The number of rotatable bonds is 3. The molecule has 0 aromatic heterocycles. The van der Waals surface area contributed by atoms with Crippen molar-refractivity contribution in [1.82, 2.24) is 0 Å². The predicted octanol–water partition coefficient (Wildman–Crippen LogP) is 2.81. The van der Waals surface area contributed by atoms with Crippen LogP contribution in [0.15, 0.2) is 17.3 Å². The van der Waals surface area contributed by atoms with Gasteiger partial charge in [-0.15, -0.1) is 6.42 Å². The minimum atomic E-state index is 0.0902. The van der Waals surface area contributed by atoms with Crippen molar-refractivity contribution in [3.8, 4) is 18.1 Å². The minimum absolute atomic E-state index is 0.0902. The van der Waals surface area contributed by atoms with Crippen molar-refractivity contribution in [1.29, 1.82) is 0 Å². The molecule has 0 amide bonds. The van der Waals surface area contributed by atoms with Gasteiger partial charge in [-0.25, -0.2) is 0 Å². The van der Waals surface area contributed by atoms with Crippen molar-refractivity contribution in [2.24, 2.45) is 5.16 Å². The molecule has 0 saturated carbocycles. The molecule has 1 aromatic carbocycles. The zero-order valence-electron chi connectivity index (χ0n) is 7.58. The molecule has 1 aromatic rings. The molecule has 78 valence electrons. The molecule has 0 aliphatic rings. The smallest absolute Gasteiger partial charge is 0.157 e. The normalized spacial score (nSPS) is 10.2. The van der Waals surface area contributed by atoms with Crippen molar-refractivity contribution in [2.45, 2.75) is 0 Å². The highest BCUT2D eigenvalue weighted by Crippen LogP contribution is 2.33. The quantitative estimate of drug-likeness (QED) is 0.384. The SMILES string of the molecule is C#CCOc1c(Cl)cc(/C=N\O)cc1Cl. The van der Waals surface area contributed by atoms with E-state index in [0.29, 0.717) is 21.4 Å². The van der Waals surface area contributed by atoms with E-state index in [9.17, 15) is 0 Å². The van der Waals surface area contributed by atoms with Crippen molar-refractivity contribution in [3.63, 3.8) is 0 Å². The summed E-state index contributed by atoms with van der Waals surface area (Å²) in [7, 11) is 0. The molecule has 15 heavy (non-hydrogen) atoms. The number of oxime groups is 1. The van der Waals surface area contributed by atoms with E-state index in [1.54, 1.807) is 12.1 Å². The van der Waals surface area contributed by atoms with E-state index in [-0.39, 0.29) is 6.61 Å². The van der Waals surface area contributed by atoms with Gasteiger partial charge in [0.1, 0.15) is 6.61 Å². The van der Waals surface area contributed by atoms with Gasteiger partial charge in [0, 0.05) is 0 Å². The summed E-state index contributed by atoms with van der Waals surface area (Å²) in [5.41, 5.74) is 0.570. The van der Waals surface area contributed by atoms with Crippen LogP contribution < -0.4 is 4.74 Å². The molecule has 0 aliphatic heterocycles. The predicted molar refractivity (Wildman–Crippen MR) is 60.2 cm³/mol. The Morgan fingerprint density at radius 3 is 2.53 bits per heavy atom. The Kier molecular flexibility index (Phi) is 4.29. The van der Waals surface area contributed by atoms with Gasteiger partial charge >= 0.3 is 0 Å². The molecular weight excluding hydrogens is 237 g/mol. The van der Waals surface area contributed by atoms with Crippen LogP contribution in [0, 0.1) is 12.3 Å². The lowest BCUT2D eigenvalue weighted by atomic mass is 10.2. The highest BCUT2D eigenvalue weighted by atomic mass is 35.5. The Bertz CT molecular complexity index is 401. The van der Waals surface area contributed by atoms with Gasteiger partial charge in [-0.3, -0.25) is 0 Å². The van der Waals surface area contributed by atoms with E-state index in [0.717, 1.165) is 0 Å². The second-order valence-electron chi connectivity index (χ2n) is 2.55. The van der Waals surface area contributed by atoms with E-state index in [2.05, 4.69) is 11.1 Å². The molecule has 0 unspecified atom stereocenters. The number of hydrogen-bond acceptors (Lipinski definition) is 3. The van der Waals surface area contributed by atoms with Gasteiger partial charge in [-0.1, -0.05) is 34.3 Å². The maximum absolute atomic E-state index is 8.34. The van der Waals surface area contributed by atoms with Gasteiger partial charge in [0.2, 0.25) is 0 Å². The van der Waals surface area contributed by atoms with Crippen LogP contribution >= 0.6 is 23.2 Å². The highest BCUT2D eigenvalue weighted by molar-refractivity contribution is 6.37. The number of nitrogens with zero attached hydrogens (tertiary/aromatic N) is 1. The largest absolute Gasteiger partial charge is 0.478 e. The van der Waals surface area contributed by atoms with Crippen LogP contribution in [0.1, 0.15) is 5.56 Å². The zero-order chi connectivity index (χ0) is 11.3. The zero-order valence-corrected chi connectivity index (χ0v) is 9.09. The number of terminal acetylenes is 1. The molecule has 0 radical (unpaired) electrons. The summed E-state index contributed by atoms with van der Waals surface area (Å²) in [4.78, 5) is 0. The molecule has 0 fully saturated rings. The fourth-order valence-electron chi connectivity index (χ4n) is 0.972. The summed E-state index contributed by atoms with van der Waals surface area (Å²) in [6.07, 6.45) is 6.25. The highest BCUT2D eigenvalue weighted by Gasteiger charge is 2.08. The maximum atomic E-state index is 8.34. The summed E-state index contributed by atoms with van der Waals surface area (Å²) in [6.45, 7) is 0.0902. The summed E-state index contributed by atoms with van der Waals surface area (Å²) in [5, 5.41) is 11.8. The standard InChI is InChI=1S/C10H7Cl2NO2/c1-2-3-15-10-8(11)4-7(6-13-14)5-9(10)12/h1,4-6,14H,3H2/b13-6-. The molecular formula is C10H7Cl2NO2. The lowest BCUT2D eigenvalue weighted by Gasteiger charge is -2.07.